The summed E-state index contributed by atoms with van der Waals surface area (Å²) in [5.74, 6) is -1.01. The minimum Gasteiger partial charge on any atom is -0.478 e. The molecule has 2 aliphatic heterocycles. The minimum absolute atomic E-state index is 0.0100. The molecule has 0 aromatic heterocycles. The molecule has 0 aliphatic carbocycles. The van der Waals surface area contributed by atoms with E-state index < -0.39 is 5.97 Å². The number of hydrogen-bond acceptors (Lipinski definition) is 5. The van der Waals surface area contributed by atoms with E-state index in [1.807, 2.05) is 19.1 Å². The predicted octanol–water partition coefficient (Wildman–Crippen LogP) is 3.52. The smallest absolute Gasteiger partial charge is 0.335 e. The molecule has 1 fully saturated rings. The molecule has 7 nitrogen and oxygen atoms in total. The third-order valence-corrected chi connectivity index (χ3v) is 5.85. The van der Waals surface area contributed by atoms with Gasteiger partial charge in [-0.05, 0) is 61.4 Å². The van der Waals surface area contributed by atoms with Gasteiger partial charge in [0.1, 0.15) is 0 Å². The lowest BCUT2D eigenvalue weighted by molar-refractivity contribution is -0.117. The van der Waals surface area contributed by atoms with Gasteiger partial charge >= 0.3 is 5.97 Å². The van der Waals surface area contributed by atoms with E-state index in [4.69, 9.17) is 4.74 Å². The average Bonchev–Trinajstić information content (AvgIpc) is 2.74. The van der Waals surface area contributed by atoms with Crippen LogP contribution in [0.25, 0.3) is 0 Å². The standard InChI is InChI=1S/C23H27N3O4/c1-15-13-21(20-14-17(23(28)29)3-8-22(20)26(15)16(2)27)24-18-4-6-19(7-5-18)25-9-11-30-12-10-25/h3-8,14-15,21,24H,9-13H2,1-2H3,(H,28,29)/t15-,21?/m0/s1. The Morgan fingerprint density at radius 1 is 1.10 bits per heavy atom. The third-order valence-electron chi connectivity index (χ3n) is 5.85. The maximum atomic E-state index is 12.2. The topological polar surface area (TPSA) is 82.1 Å². The van der Waals surface area contributed by atoms with Gasteiger partial charge in [-0.1, -0.05) is 0 Å². The number of carboxylic acids is 1. The number of anilines is 3. The molecule has 0 saturated carbocycles. The lowest BCUT2D eigenvalue weighted by atomic mass is 9.90. The van der Waals surface area contributed by atoms with Crippen LogP contribution in [0.3, 0.4) is 0 Å². The second-order valence-electron chi connectivity index (χ2n) is 7.90. The van der Waals surface area contributed by atoms with Gasteiger partial charge in [0.25, 0.3) is 0 Å². The summed E-state index contributed by atoms with van der Waals surface area (Å²) < 4.78 is 5.42. The lowest BCUT2D eigenvalue weighted by Gasteiger charge is -2.39. The number of fused-ring (bicyclic) bond motifs is 1. The number of rotatable bonds is 4. The third kappa shape index (κ3) is 3.98. The summed E-state index contributed by atoms with van der Waals surface area (Å²) in [4.78, 5) is 27.8. The Balaban J connectivity index is 1.60. The zero-order chi connectivity index (χ0) is 21.3. The molecule has 0 bridgehead atoms. The van der Waals surface area contributed by atoms with Crippen molar-refractivity contribution < 1.29 is 19.4 Å². The molecule has 1 saturated heterocycles. The molecule has 2 aromatic carbocycles. The maximum absolute atomic E-state index is 12.2. The van der Waals surface area contributed by atoms with Crippen LogP contribution in [0.2, 0.25) is 0 Å². The van der Waals surface area contributed by atoms with Crippen molar-refractivity contribution in [2.75, 3.05) is 41.4 Å². The second kappa shape index (κ2) is 8.36. The molecule has 2 aromatic rings. The van der Waals surface area contributed by atoms with Crippen molar-refractivity contribution in [3.8, 4) is 0 Å². The van der Waals surface area contributed by atoms with Crippen molar-refractivity contribution in [3.05, 3.63) is 53.6 Å². The predicted molar refractivity (Wildman–Crippen MR) is 116 cm³/mol. The fourth-order valence-corrected chi connectivity index (χ4v) is 4.40. The number of carbonyl (C=O) groups excluding carboxylic acids is 1. The van der Waals surface area contributed by atoms with E-state index in [0.29, 0.717) is 6.42 Å². The van der Waals surface area contributed by atoms with Gasteiger partial charge in [-0.15, -0.1) is 0 Å². The van der Waals surface area contributed by atoms with Gasteiger partial charge in [0.05, 0.1) is 24.8 Å². The van der Waals surface area contributed by atoms with Crippen LogP contribution >= 0.6 is 0 Å². The molecular weight excluding hydrogens is 382 g/mol. The fraction of sp³-hybridized carbons (Fsp3) is 0.391. The molecule has 4 rings (SSSR count). The molecule has 30 heavy (non-hydrogen) atoms. The van der Waals surface area contributed by atoms with Crippen LogP contribution in [0.4, 0.5) is 17.1 Å². The van der Waals surface area contributed by atoms with Crippen molar-refractivity contribution in [2.24, 2.45) is 0 Å². The van der Waals surface area contributed by atoms with E-state index in [2.05, 4.69) is 22.3 Å². The van der Waals surface area contributed by atoms with Gasteiger partial charge < -0.3 is 25.0 Å². The number of ether oxygens (including phenoxy) is 1. The molecule has 1 amide bonds. The first-order chi connectivity index (χ1) is 14.4. The van der Waals surface area contributed by atoms with Crippen molar-refractivity contribution in [2.45, 2.75) is 32.4 Å². The molecule has 2 heterocycles. The normalized spacial score (nSPS) is 21.1. The largest absolute Gasteiger partial charge is 0.478 e. The van der Waals surface area contributed by atoms with Crippen LogP contribution in [-0.2, 0) is 9.53 Å². The fourth-order valence-electron chi connectivity index (χ4n) is 4.40. The summed E-state index contributed by atoms with van der Waals surface area (Å²) >= 11 is 0. The Morgan fingerprint density at radius 2 is 1.80 bits per heavy atom. The monoisotopic (exact) mass is 409 g/mol. The van der Waals surface area contributed by atoms with Crippen LogP contribution in [0, 0.1) is 0 Å². The highest BCUT2D eigenvalue weighted by atomic mass is 16.5. The number of amides is 1. The highest BCUT2D eigenvalue weighted by Gasteiger charge is 2.33. The van der Waals surface area contributed by atoms with E-state index >= 15 is 0 Å². The van der Waals surface area contributed by atoms with Crippen LogP contribution in [0.5, 0.6) is 0 Å². The molecular formula is C23H27N3O4. The first-order valence-electron chi connectivity index (χ1n) is 10.3. The van der Waals surface area contributed by atoms with E-state index in [-0.39, 0.29) is 23.6 Å². The molecule has 158 valence electrons. The van der Waals surface area contributed by atoms with E-state index in [1.165, 1.54) is 0 Å². The van der Waals surface area contributed by atoms with Gasteiger partial charge in [0, 0.05) is 43.1 Å². The quantitative estimate of drug-likeness (QED) is 0.804. The van der Waals surface area contributed by atoms with Crippen LogP contribution in [-0.4, -0.2) is 49.3 Å². The number of nitrogens with one attached hydrogen (secondary N) is 1. The molecule has 0 radical (unpaired) electrons. The van der Waals surface area contributed by atoms with E-state index in [9.17, 15) is 14.7 Å². The molecule has 2 N–H and O–H groups in total. The lowest BCUT2D eigenvalue weighted by Crippen LogP contribution is -2.43. The summed E-state index contributed by atoms with van der Waals surface area (Å²) in [6.45, 7) is 6.83. The van der Waals surface area contributed by atoms with Gasteiger partial charge in [-0.2, -0.15) is 0 Å². The zero-order valence-electron chi connectivity index (χ0n) is 17.3. The zero-order valence-corrected chi connectivity index (χ0v) is 17.3. The molecule has 2 aliphatic rings. The van der Waals surface area contributed by atoms with Crippen molar-refractivity contribution in [3.63, 3.8) is 0 Å². The average molecular weight is 409 g/mol. The minimum atomic E-state index is -0.973. The number of morpholine rings is 1. The number of nitrogens with zero attached hydrogens (tertiary/aromatic N) is 2. The first-order valence-corrected chi connectivity index (χ1v) is 10.3. The molecule has 0 spiro atoms. The molecule has 1 unspecified atom stereocenters. The van der Waals surface area contributed by atoms with Crippen LogP contribution in [0.15, 0.2) is 42.5 Å². The van der Waals surface area contributed by atoms with Gasteiger partial charge in [-0.3, -0.25) is 4.79 Å². The highest BCUT2D eigenvalue weighted by molar-refractivity contribution is 5.95. The second-order valence-corrected chi connectivity index (χ2v) is 7.90. The SMILES string of the molecule is CC(=O)N1c2ccc(C(=O)O)cc2C(Nc2ccc(N3CCOCC3)cc2)C[C@@H]1C. The Labute approximate surface area is 176 Å². The van der Waals surface area contributed by atoms with Crippen molar-refractivity contribution in [1.29, 1.82) is 0 Å². The summed E-state index contributed by atoms with van der Waals surface area (Å²) in [6.07, 6.45) is 0.695. The van der Waals surface area contributed by atoms with Crippen LogP contribution < -0.4 is 15.1 Å². The van der Waals surface area contributed by atoms with E-state index in [0.717, 1.165) is 48.9 Å². The number of carbonyl (C=O) groups is 2. The van der Waals surface area contributed by atoms with Gasteiger partial charge in [0.15, 0.2) is 0 Å². The Morgan fingerprint density at radius 3 is 2.43 bits per heavy atom. The number of carboxylic acid groups (broad SMARTS) is 1. The summed E-state index contributed by atoms with van der Waals surface area (Å²) in [6, 6.07) is 13.2. The highest BCUT2D eigenvalue weighted by Crippen LogP contribution is 2.39. The summed E-state index contributed by atoms with van der Waals surface area (Å²) in [5, 5.41) is 13.0. The number of hydrogen-bond donors (Lipinski definition) is 2. The Bertz CT molecular complexity index is 938. The Kier molecular flexibility index (Phi) is 5.63. The van der Waals surface area contributed by atoms with Crippen LogP contribution in [0.1, 0.15) is 42.2 Å². The first kappa shape index (κ1) is 20.2. The van der Waals surface area contributed by atoms with Gasteiger partial charge in [-0.25, -0.2) is 4.79 Å². The van der Waals surface area contributed by atoms with Crippen molar-refractivity contribution >= 4 is 28.9 Å². The summed E-state index contributed by atoms with van der Waals surface area (Å²) in [5.41, 5.74) is 3.96. The number of aromatic carboxylic acids is 1. The number of benzene rings is 2. The molecule has 2 atom stereocenters. The molecule has 7 heteroatoms. The maximum Gasteiger partial charge on any atom is 0.335 e. The summed E-state index contributed by atoms with van der Waals surface area (Å²) in [7, 11) is 0. The van der Waals surface area contributed by atoms with Gasteiger partial charge in [0.2, 0.25) is 5.91 Å². The van der Waals surface area contributed by atoms with E-state index in [1.54, 1.807) is 30.0 Å². The van der Waals surface area contributed by atoms with Crippen molar-refractivity contribution in [1.82, 2.24) is 0 Å². The Hall–Kier alpha value is -3.06.